The smallest absolute Gasteiger partial charge is 0.490 e. The number of rotatable bonds is 30. The number of anilines is 2. The van der Waals surface area contributed by atoms with E-state index in [2.05, 4.69) is 63.2 Å². The summed E-state index contributed by atoms with van der Waals surface area (Å²) in [6.45, 7) is 9.51. The molecule has 9 N–H and O–H groups in total. The first-order valence-electron chi connectivity index (χ1n) is 28.3. The molecule has 1 fully saturated rings. The normalized spacial score (nSPS) is 20.8. The predicted octanol–water partition coefficient (Wildman–Crippen LogP) is 6.09. The number of phosphoric acid groups is 3. The quantitative estimate of drug-likeness (QED) is 0.0107. The number of nitrogens with one attached hydrogen (secondary N) is 2. The number of ether oxygens (including phenoxy) is 1. The van der Waals surface area contributed by atoms with Crippen LogP contribution < -0.4 is 25.5 Å². The molecule has 3 unspecified atom stereocenters. The summed E-state index contributed by atoms with van der Waals surface area (Å²) < 4.78 is 134. The lowest BCUT2D eigenvalue weighted by molar-refractivity contribution is -0.121. The van der Waals surface area contributed by atoms with Crippen molar-refractivity contribution in [2.24, 2.45) is 0 Å². The van der Waals surface area contributed by atoms with Crippen molar-refractivity contribution in [3.05, 3.63) is 119 Å². The maximum atomic E-state index is 13.4. The third kappa shape index (κ3) is 17.4. The Bertz CT molecular complexity index is 4030. The fraction of sp³-hybridized carbons (Fsp3) is 0.436. The number of fused-ring (bicyclic) bond motifs is 3. The molecule has 34 heteroatoms. The Hall–Kier alpha value is -5.92. The van der Waals surface area contributed by atoms with Crippen LogP contribution in [0.3, 0.4) is 0 Å². The van der Waals surface area contributed by atoms with Gasteiger partial charge in [0.05, 0.1) is 34.0 Å². The zero-order valence-electron chi connectivity index (χ0n) is 48.8. The van der Waals surface area contributed by atoms with Gasteiger partial charge >= 0.3 is 23.5 Å². The number of carbonyl (C=O) groups excluding carboxylic acids is 1. The average Bonchev–Trinajstić information content (AvgIpc) is 1.64. The number of aliphatic hydroxyl groups excluding tert-OH is 2. The molecule has 0 spiro atoms. The van der Waals surface area contributed by atoms with Crippen molar-refractivity contribution in [1.82, 2.24) is 29.4 Å². The minimum absolute atomic E-state index is 0.0486. The van der Waals surface area contributed by atoms with E-state index in [1.54, 1.807) is 6.07 Å². The highest BCUT2D eigenvalue weighted by Gasteiger charge is 2.48. The lowest BCUT2D eigenvalue weighted by Crippen LogP contribution is -2.33. The molecule has 2 aromatic heterocycles. The van der Waals surface area contributed by atoms with Gasteiger partial charge < -0.3 is 59.0 Å². The number of unbranched alkanes of at least 4 members (excludes halogenated alkanes) is 3. The third-order valence-corrected chi connectivity index (χ3v) is 20.7. The van der Waals surface area contributed by atoms with E-state index in [4.69, 9.17) is 18.9 Å². The SMILES string of the molecule is CC[N+](CC)=c1ccc2c(/C=C/C=C3\N(CCCS(=O)(=O)[O-])c4ccc(S(=O)(=O)O)cc4C3(C)CCCC(=O)NCCCCCCNc3ncnc4c3ncn4[C@@H]3O[C@H](COP(=O)(O)OP(=O)(O)OP(=O)(O)O)[C@@H](O)[C@H]3O)c(C)c(-c3ccccc3)oc-2c1. The molecule has 1 amide bonds. The van der Waals surface area contributed by atoms with E-state index in [1.165, 1.54) is 29.4 Å². The van der Waals surface area contributed by atoms with Gasteiger partial charge in [-0.2, -0.15) is 17.0 Å². The Morgan fingerprint density at radius 2 is 1.60 bits per heavy atom. The second-order valence-corrected chi connectivity index (χ2v) is 28.7. The van der Waals surface area contributed by atoms with Crippen LogP contribution >= 0.6 is 23.5 Å². The van der Waals surface area contributed by atoms with E-state index in [-0.39, 0.29) is 41.4 Å². The van der Waals surface area contributed by atoms with Gasteiger partial charge in [0.1, 0.15) is 49.2 Å². The Morgan fingerprint density at radius 1 is 0.876 bits per heavy atom. The van der Waals surface area contributed by atoms with Gasteiger partial charge in [0.15, 0.2) is 23.2 Å². The van der Waals surface area contributed by atoms with Crippen molar-refractivity contribution in [2.75, 3.05) is 55.3 Å². The highest BCUT2D eigenvalue weighted by Crippen LogP contribution is 2.66. The van der Waals surface area contributed by atoms with Crippen LogP contribution in [0.4, 0.5) is 11.5 Å². The summed E-state index contributed by atoms with van der Waals surface area (Å²) in [5.41, 5.74) is 4.62. The van der Waals surface area contributed by atoms with Crippen molar-refractivity contribution >= 4 is 78.4 Å². The van der Waals surface area contributed by atoms with Crippen LogP contribution in [0.5, 0.6) is 0 Å². The largest absolute Gasteiger partial charge is 0.748 e. The second kappa shape index (κ2) is 28.7. The number of phosphoric ester groups is 1. The van der Waals surface area contributed by atoms with Crippen LogP contribution in [0.1, 0.15) is 95.1 Å². The molecule has 8 rings (SSSR count). The first-order valence-corrected chi connectivity index (χ1v) is 35.9. The molecule has 0 radical (unpaired) electrons. The highest BCUT2D eigenvalue weighted by atomic mass is 32.2. The first-order chi connectivity index (χ1) is 41.9. The van der Waals surface area contributed by atoms with Gasteiger partial charge in [0, 0.05) is 71.4 Å². The molecular weight excluding hydrogens is 1270 g/mol. The molecule has 3 aliphatic heterocycles. The van der Waals surface area contributed by atoms with Crippen LogP contribution in [0.15, 0.2) is 107 Å². The summed E-state index contributed by atoms with van der Waals surface area (Å²) >= 11 is 0. The Balaban J connectivity index is 0.892. The summed E-state index contributed by atoms with van der Waals surface area (Å²) in [7, 11) is -26.3. The number of hydrogen-bond acceptors (Lipinski definition) is 21. The minimum atomic E-state index is -5.81. The number of aliphatic hydroxyl groups is 2. The van der Waals surface area contributed by atoms with Crippen molar-refractivity contribution in [3.8, 4) is 22.6 Å². The topological polar surface area (TPSA) is 425 Å². The molecule has 2 aromatic carbocycles. The molecule has 484 valence electrons. The number of allylic oxidation sites excluding steroid dienone is 3. The van der Waals surface area contributed by atoms with Crippen molar-refractivity contribution in [3.63, 3.8) is 0 Å². The molecule has 89 heavy (non-hydrogen) atoms. The van der Waals surface area contributed by atoms with Gasteiger partial charge in [-0.25, -0.2) is 41.6 Å². The lowest BCUT2D eigenvalue weighted by Gasteiger charge is -2.30. The fourth-order valence-corrected chi connectivity index (χ4v) is 15.0. The summed E-state index contributed by atoms with van der Waals surface area (Å²) in [4.78, 5) is 64.5. The zero-order chi connectivity index (χ0) is 64.7. The van der Waals surface area contributed by atoms with Gasteiger partial charge in [-0.3, -0.25) is 18.4 Å². The number of hydrogen-bond donors (Lipinski definition) is 9. The molecule has 1 aliphatic carbocycles. The van der Waals surface area contributed by atoms with Gasteiger partial charge in [0.25, 0.3) is 10.1 Å². The zero-order valence-corrected chi connectivity index (χ0v) is 53.2. The van der Waals surface area contributed by atoms with E-state index in [1.807, 2.05) is 79.4 Å². The monoisotopic (exact) mass is 1340 g/mol. The summed E-state index contributed by atoms with van der Waals surface area (Å²) in [6.07, 6.45) is 5.32. The van der Waals surface area contributed by atoms with Gasteiger partial charge in [-0.05, 0) is 101 Å². The molecule has 0 bridgehead atoms. The predicted molar refractivity (Wildman–Crippen MR) is 324 cm³/mol. The fourth-order valence-electron chi connectivity index (χ4n) is 11.0. The third-order valence-electron chi connectivity index (χ3n) is 15.3. The number of amides is 1. The average molecular weight is 1340 g/mol. The summed E-state index contributed by atoms with van der Waals surface area (Å²) in [5.74, 6) is 0.809. The van der Waals surface area contributed by atoms with Crippen LogP contribution in [-0.4, -0.2) is 145 Å². The van der Waals surface area contributed by atoms with Crippen molar-refractivity contribution in [1.29, 1.82) is 0 Å². The lowest BCUT2D eigenvalue weighted by atomic mass is 9.77. The van der Waals surface area contributed by atoms with Gasteiger partial charge in [0.2, 0.25) is 11.3 Å². The summed E-state index contributed by atoms with van der Waals surface area (Å²) in [5, 5.41) is 28.6. The van der Waals surface area contributed by atoms with E-state index >= 15 is 0 Å². The number of carbonyl (C=O) groups is 1. The molecule has 0 saturated carbocycles. The number of imidazole rings is 1. The molecule has 1 saturated heterocycles. The Kier molecular flexibility index (Phi) is 22.3. The molecule has 29 nitrogen and oxygen atoms in total. The van der Waals surface area contributed by atoms with Crippen LogP contribution in [-0.2, 0) is 62.0 Å². The number of aromatic nitrogens is 4. The molecule has 7 atom stereocenters. The van der Waals surface area contributed by atoms with E-state index in [0.717, 1.165) is 53.5 Å². The van der Waals surface area contributed by atoms with Crippen LogP contribution in [0.25, 0.3) is 39.9 Å². The van der Waals surface area contributed by atoms with E-state index < -0.39 is 86.0 Å². The summed E-state index contributed by atoms with van der Waals surface area (Å²) in [6, 6.07) is 20.1. The van der Waals surface area contributed by atoms with Crippen LogP contribution in [0, 0.1) is 6.92 Å². The first kappa shape index (κ1) is 69.0. The molecule has 5 heterocycles. The van der Waals surface area contributed by atoms with E-state index in [9.17, 15) is 64.4 Å². The van der Waals surface area contributed by atoms with Gasteiger partial charge in [-0.1, -0.05) is 55.3 Å². The van der Waals surface area contributed by atoms with Gasteiger partial charge in [-0.15, -0.1) is 0 Å². The van der Waals surface area contributed by atoms with E-state index in [0.29, 0.717) is 73.1 Å². The van der Waals surface area contributed by atoms with Crippen LogP contribution in [0.2, 0.25) is 0 Å². The maximum absolute atomic E-state index is 13.4. The van der Waals surface area contributed by atoms with Crippen molar-refractivity contribution in [2.45, 2.75) is 114 Å². The molecular formula is C55H71N8O21P3S2. The molecule has 4 aliphatic rings. The minimum Gasteiger partial charge on any atom is -0.748 e. The van der Waals surface area contributed by atoms with Crippen molar-refractivity contribution < 1.29 is 96.5 Å². The molecule has 4 aromatic rings. The second-order valence-electron chi connectivity index (χ2n) is 21.4. The Morgan fingerprint density at radius 3 is 2.28 bits per heavy atom. The number of nitrogens with zero attached hydrogens (tertiary/aromatic N) is 6. The highest BCUT2D eigenvalue weighted by molar-refractivity contribution is 7.86. The Labute approximate surface area is 513 Å². The maximum Gasteiger partial charge on any atom is 0.490 e. The standard InChI is InChI=1S/C55H71N8O21P3S2/c1-5-61(6-2)38-22-24-41-40(36(3)51(81-44(41)31-38)37-17-10-9-11-18-37)19-14-20-46-55(4,42-32-39(89(77,78)79)23-25-43(42)62(46)29-16-30-88(74,75)76)26-15-21-47(64)56-27-12-7-8-13-28-57-52-48-53(59-34-58-52)63(35-60-48)54-50(66)49(65)45(82-54)33-80-86(70,71)84-87(72,73)83-85(67,68)69/h9-11,14,17-20,22-25,31-32,34-35,45,49-50,54,65-66H,5-8,12-13,15-16,21,26-30,33H2,1-4H3,(H7-,56,57,58,59,64,67,68,69,70,71,72,73,74,75,76,77,78,79)/t45-,49-,50-,54-,55?/m1/s1. The number of benzene rings is 3.